The molecule has 0 saturated heterocycles. The molecule has 102 valence electrons. The van der Waals surface area contributed by atoms with E-state index in [2.05, 4.69) is 0 Å². The van der Waals surface area contributed by atoms with Crippen molar-refractivity contribution in [2.45, 2.75) is 19.8 Å². The van der Waals surface area contributed by atoms with Crippen LogP contribution in [0.3, 0.4) is 0 Å². The first kappa shape index (κ1) is 14.6. The number of nitrogen functional groups attached to an aromatic ring is 1. The summed E-state index contributed by atoms with van der Waals surface area (Å²) in [6, 6.07) is 4.92. The summed E-state index contributed by atoms with van der Waals surface area (Å²) in [4.78, 5) is 0. The minimum Gasteiger partial charge on any atom is -0.494 e. The first-order chi connectivity index (χ1) is 8.42. The van der Waals surface area contributed by atoms with Gasteiger partial charge in [-0.1, -0.05) is 13.3 Å². The van der Waals surface area contributed by atoms with Crippen molar-refractivity contribution in [3.05, 3.63) is 18.2 Å². The first-order valence-corrected chi connectivity index (χ1v) is 7.43. The molecule has 1 aromatic rings. The highest BCUT2D eigenvalue weighted by Crippen LogP contribution is 2.31. The lowest BCUT2D eigenvalue weighted by Gasteiger charge is -2.21. The van der Waals surface area contributed by atoms with Crippen LogP contribution in [0.2, 0.25) is 0 Å². The molecule has 0 aliphatic rings. The lowest BCUT2D eigenvalue weighted by molar-refractivity contribution is 0.416. The molecule has 6 heteroatoms. The molecule has 2 N–H and O–H groups in total. The van der Waals surface area contributed by atoms with Crippen LogP contribution in [0.15, 0.2) is 18.2 Å². The number of anilines is 2. The summed E-state index contributed by atoms with van der Waals surface area (Å²) in [5.41, 5.74) is 6.68. The van der Waals surface area contributed by atoms with E-state index >= 15 is 0 Å². The van der Waals surface area contributed by atoms with Crippen LogP contribution in [0.25, 0.3) is 0 Å². The fraction of sp³-hybridized carbons (Fsp3) is 0.500. The molecule has 1 rings (SSSR count). The van der Waals surface area contributed by atoms with Gasteiger partial charge in [-0.2, -0.15) is 0 Å². The predicted molar refractivity (Wildman–Crippen MR) is 74.5 cm³/mol. The number of hydrogen-bond acceptors (Lipinski definition) is 4. The Morgan fingerprint density at radius 1 is 1.39 bits per heavy atom. The van der Waals surface area contributed by atoms with Gasteiger partial charge in [0.15, 0.2) is 0 Å². The van der Waals surface area contributed by atoms with Gasteiger partial charge in [-0.25, -0.2) is 8.42 Å². The highest BCUT2D eigenvalue weighted by atomic mass is 32.2. The van der Waals surface area contributed by atoms with Crippen LogP contribution in [0.4, 0.5) is 11.4 Å². The Morgan fingerprint density at radius 3 is 2.61 bits per heavy atom. The molecule has 0 amide bonds. The van der Waals surface area contributed by atoms with E-state index in [1.807, 2.05) is 6.92 Å². The number of ether oxygens (including phenoxy) is 1. The number of unbranched alkanes of at least 4 members (excludes halogenated alkanes) is 1. The van der Waals surface area contributed by atoms with Crippen LogP contribution in [-0.2, 0) is 10.0 Å². The van der Waals surface area contributed by atoms with Crippen LogP contribution < -0.4 is 14.8 Å². The Kier molecular flexibility index (Phi) is 4.84. The summed E-state index contributed by atoms with van der Waals surface area (Å²) in [6.45, 7) is 1.96. The standard InChI is InChI=1S/C12H20N2O3S/c1-4-5-8-18(15,16)14(2)11-7-6-10(13)9-12(11)17-3/h6-7,9H,4-5,8,13H2,1-3H3. The number of methoxy groups -OCH3 is 1. The van der Waals surface area contributed by atoms with Crippen molar-refractivity contribution in [1.29, 1.82) is 0 Å². The second kappa shape index (κ2) is 5.95. The summed E-state index contributed by atoms with van der Waals surface area (Å²) in [7, 11) is -0.291. The maximum atomic E-state index is 12.1. The Bertz CT molecular complexity index is 500. The van der Waals surface area contributed by atoms with Crippen LogP contribution in [0.1, 0.15) is 19.8 Å². The van der Waals surface area contributed by atoms with Crippen molar-refractivity contribution in [1.82, 2.24) is 0 Å². The predicted octanol–water partition coefficient (Wildman–Crippen LogP) is 1.84. The van der Waals surface area contributed by atoms with Crippen molar-refractivity contribution in [3.63, 3.8) is 0 Å². The van der Waals surface area contributed by atoms with Crippen LogP contribution >= 0.6 is 0 Å². The van der Waals surface area contributed by atoms with E-state index in [1.165, 1.54) is 18.5 Å². The average molecular weight is 272 g/mol. The third-order valence-corrected chi connectivity index (χ3v) is 4.55. The van der Waals surface area contributed by atoms with Crippen LogP contribution in [0.5, 0.6) is 5.75 Å². The van der Waals surface area contributed by atoms with Gasteiger partial charge in [-0.15, -0.1) is 0 Å². The maximum absolute atomic E-state index is 12.1. The van der Waals surface area contributed by atoms with Crippen molar-refractivity contribution in [2.24, 2.45) is 0 Å². The fourth-order valence-electron chi connectivity index (χ4n) is 1.57. The molecule has 0 heterocycles. The Hall–Kier alpha value is -1.43. The fourth-order valence-corrected chi connectivity index (χ4v) is 2.95. The molecule has 0 radical (unpaired) electrons. The molecule has 18 heavy (non-hydrogen) atoms. The van der Waals surface area contributed by atoms with E-state index in [0.29, 0.717) is 23.5 Å². The summed E-state index contributed by atoms with van der Waals surface area (Å²) < 4.78 is 30.6. The summed E-state index contributed by atoms with van der Waals surface area (Å²) in [6.07, 6.45) is 1.48. The number of benzene rings is 1. The third-order valence-electron chi connectivity index (χ3n) is 2.72. The molecule has 0 aliphatic heterocycles. The van der Waals surface area contributed by atoms with Gasteiger partial charge in [0, 0.05) is 18.8 Å². The van der Waals surface area contributed by atoms with Gasteiger partial charge in [0.05, 0.1) is 18.6 Å². The van der Waals surface area contributed by atoms with Gasteiger partial charge in [-0.05, 0) is 18.6 Å². The lowest BCUT2D eigenvalue weighted by atomic mass is 10.2. The molecule has 0 unspecified atom stereocenters. The van der Waals surface area contributed by atoms with Gasteiger partial charge >= 0.3 is 0 Å². The maximum Gasteiger partial charge on any atom is 0.235 e. The normalized spacial score (nSPS) is 11.3. The van der Waals surface area contributed by atoms with Gasteiger partial charge in [-0.3, -0.25) is 4.31 Å². The minimum absolute atomic E-state index is 0.132. The molecule has 1 aromatic carbocycles. The number of nitrogens with two attached hydrogens (primary N) is 1. The third kappa shape index (κ3) is 3.29. The van der Waals surface area contributed by atoms with Crippen LogP contribution in [0, 0.1) is 0 Å². The second-order valence-corrected chi connectivity index (χ2v) is 6.19. The first-order valence-electron chi connectivity index (χ1n) is 5.82. The summed E-state index contributed by atoms with van der Waals surface area (Å²) >= 11 is 0. The van der Waals surface area contributed by atoms with E-state index in [9.17, 15) is 8.42 Å². The lowest BCUT2D eigenvalue weighted by Crippen LogP contribution is -2.29. The van der Waals surface area contributed by atoms with E-state index in [-0.39, 0.29) is 5.75 Å². The SMILES string of the molecule is CCCCS(=O)(=O)N(C)c1ccc(N)cc1OC. The van der Waals surface area contributed by atoms with E-state index < -0.39 is 10.0 Å². The van der Waals surface area contributed by atoms with E-state index in [0.717, 1.165) is 6.42 Å². The zero-order valence-electron chi connectivity index (χ0n) is 11.0. The Balaban J connectivity index is 3.06. The molecular weight excluding hydrogens is 252 g/mol. The monoisotopic (exact) mass is 272 g/mol. The smallest absolute Gasteiger partial charge is 0.235 e. The zero-order valence-corrected chi connectivity index (χ0v) is 11.8. The minimum atomic E-state index is -3.31. The van der Waals surface area contributed by atoms with Gasteiger partial charge in [0.2, 0.25) is 10.0 Å². The largest absolute Gasteiger partial charge is 0.494 e. The number of hydrogen-bond donors (Lipinski definition) is 1. The van der Waals surface area contributed by atoms with Crippen molar-refractivity contribution in [2.75, 3.05) is 29.9 Å². The second-order valence-electron chi connectivity index (χ2n) is 4.07. The molecule has 0 aliphatic carbocycles. The van der Waals surface area contributed by atoms with Gasteiger partial charge < -0.3 is 10.5 Å². The quantitative estimate of drug-likeness (QED) is 0.802. The summed E-state index contributed by atoms with van der Waals surface area (Å²) in [5.74, 6) is 0.589. The van der Waals surface area contributed by atoms with Gasteiger partial charge in [0.1, 0.15) is 5.75 Å². The van der Waals surface area contributed by atoms with Gasteiger partial charge in [0.25, 0.3) is 0 Å². The highest BCUT2D eigenvalue weighted by molar-refractivity contribution is 7.92. The number of sulfonamides is 1. The zero-order chi connectivity index (χ0) is 13.8. The van der Waals surface area contributed by atoms with E-state index in [1.54, 1.807) is 18.2 Å². The Labute approximate surface area is 109 Å². The topological polar surface area (TPSA) is 72.6 Å². The van der Waals surface area contributed by atoms with Crippen molar-refractivity contribution >= 4 is 21.4 Å². The molecule has 5 nitrogen and oxygen atoms in total. The van der Waals surface area contributed by atoms with Crippen molar-refractivity contribution in [3.8, 4) is 5.75 Å². The van der Waals surface area contributed by atoms with Crippen LogP contribution in [-0.4, -0.2) is 28.3 Å². The summed E-state index contributed by atoms with van der Waals surface area (Å²) in [5, 5.41) is 0. The molecule has 0 aromatic heterocycles. The molecular formula is C12H20N2O3S. The number of nitrogens with zero attached hydrogens (tertiary/aromatic N) is 1. The molecule has 0 fully saturated rings. The number of rotatable bonds is 6. The highest BCUT2D eigenvalue weighted by Gasteiger charge is 2.20. The van der Waals surface area contributed by atoms with E-state index in [4.69, 9.17) is 10.5 Å². The molecule has 0 atom stereocenters. The molecule has 0 saturated carbocycles. The Morgan fingerprint density at radius 2 is 2.06 bits per heavy atom. The average Bonchev–Trinajstić information content (AvgIpc) is 2.35. The molecule has 0 bridgehead atoms. The van der Waals surface area contributed by atoms with Crippen molar-refractivity contribution < 1.29 is 13.2 Å². The molecule has 0 spiro atoms.